The van der Waals surface area contributed by atoms with Crippen LogP contribution >= 0.6 is 0 Å². The molecule has 0 aliphatic heterocycles. The van der Waals surface area contributed by atoms with Crippen molar-refractivity contribution < 1.29 is 19.1 Å². The lowest BCUT2D eigenvalue weighted by Gasteiger charge is -2.08. The Morgan fingerprint density at radius 3 is 2.57 bits per heavy atom. The van der Waals surface area contributed by atoms with Crippen LogP contribution in [0.5, 0.6) is 0 Å². The first-order valence-corrected chi connectivity index (χ1v) is 4.45. The van der Waals surface area contributed by atoms with E-state index in [9.17, 15) is 9.59 Å². The van der Waals surface area contributed by atoms with E-state index in [1.807, 2.05) is 6.92 Å². The number of Topliss-reactive ketones (excluding diaryl/α,β-unsaturated/α-hetero) is 1. The van der Waals surface area contributed by atoms with E-state index in [2.05, 4.69) is 6.58 Å². The highest BCUT2D eigenvalue weighted by Crippen LogP contribution is 1.92. The second kappa shape index (κ2) is 7.26. The van der Waals surface area contributed by atoms with Gasteiger partial charge in [0, 0.05) is 0 Å². The lowest BCUT2D eigenvalue weighted by Crippen LogP contribution is -2.15. The van der Waals surface area contributed by atoms with Crippen LogP contribution in [0.1, 0.15) is 20.3 Å². The number of ketones is 1. The number of ether oxygens (including phenoxy) is 2. The molecule has 0 aromatic rings. The fraction of sp³-hybridized carbons (Fsp3) is 0.600. The third kappa shape index (κ3) is 7.49. The van der Waals surface area contributed by atoms with Crippen LogP contribution in [0, 0.1) is 0 Å². The molecule has 80 valence electrons. The average Bonchev–Trinajstić information content (AvgIpc) is 2.10. The van der Waals surface area contributed by atoms with Gasteiger partial charge in [-0.05, 0) is 13.8 Å². The molecule has 0 aliphatic carbocycles. The first-order chi connectivity index (χ1) is 6.56. The second-order valence-corrected chi connectivity index (χ2v) is 2.91. The summed E-state index contributed by atoms with van der Waals surface area (Å²) in [5.74, 6) is -0.706. The molecule has 0 aromatic carbocycles. The Hall–Kier alpha value is -1.16. The van der Waals surface area contributed by atoms with Gasteiger partial charge in [0.15, 0.2) is 0 Å². The van der Waals surface area contributed by atoms with Gasteiger partial charge in [0.1, 0.15) is 18.8 Å². The Labute approximate surface area is 83.9 Å². The maximum Gasteiger partial charge on any atom is 0.313 e. The van der Waals surface area contributed by atoms with E-state index in [0.717, 1.165) is 0 Å². The molecule has 0 heterocycles. The molecular weight excluding hydrogens is 184 g/mol. The number of rotatable bonds is 7. The monoisotopic (exact) mass is 200 g/mol. The zero-order chi connectivity index (χ0) is 11.0. The van der Waals surface area contributed by atoms with Gasteiger partial charge in [0.25, 0.3) is 0 Å². The summed E-state index contributed by atoms with van der Waals surface area (Å²) in [5.41, 5.74) is 0. The summed E-state index contributed by atoms with van der Waals surface area (Å²) in [5, 5.41) is 0. The quantitative estimate of drug-likeness (QED) is 0.267. The molecule has 0 amide bonds. The highest BCUT2D eigenvalue weighted by molar-refractivity contribution is 5.94. The van der Waals surface area contributed by atoms with Crippen molar-refractivity contribution in [2.45, 2.75) is 26.4 Å². The maximum absolute atomic E-state index is 10.8. The third-order valence-corrected chi connectivity index (χ3v) is 1.45. The van der Waals surface area contributed by atoms with Gasteiger partial charge in [-0.15, -0.1) is 6.58 Å². The van der Waals surface area contributed by atoms with E-state index < -0.39 is 5.97 Å². The number of carbonyl (C=O) groups excluding carboxylic acids is 2. The molecule has 0 aromatic heterocycles. The van der Waals surface area contributed by atoms with Gasteiger partial charge < -0.3 is 9.47 Å². The minimum Gasteiger partial charge on any atom is -0.463 e. The van der Waals surface area contributed by atoms with Crippen LogP contribution < -0.4 is 0 Å². The highest BCUT2D eigenvalue weighted by atomic mass is 16.6. The molecule has 0 rings (SSSR count). The van der Waals surface area contributed by atoms with Crippen molar-refractivity contribution in [2.75, 3.05) is 13.2 Å². The Balaban J connectivity index is 3.40. The molecule has 4 heteroatoms. The van der Waals surface area contributed by atoms with E-state index in [-0.39, 0.29) is 24.9 Å². The van der Waals surface area contributed by atoms with Gasteiger partial charge in [-0.3, -0.25) is 9.59 Å². The minimum absolute atomic E-state index is 0.0542. The Bertz CT molecular complexity index is 210. The number of carbonyl (C=O) groups is 2. The lowest BCUT2D eigenvalue weighted by atomic mass is 10.3. The fourth-order valence-electron chi connectivity index (χ4n) is 0.712. The first kappa shape index (κ1) is 12.8. The van der Waals surface area contributed by atoms with E-state index in [1.54, 1.807) is 6.08 Å². The Kier molecular flexibility index (Phi) is 6.66. The molecule has 4 nitrogen and oxygen atoms in total. The predicted octanol–water partition coefficient (Wildman–Crippen LogP) is 1.10. The molecule has 0 radical (unpaired) electrons. The van der Waals surface area contributed by atoms with Crippen LogP contribution in [0.3, 0.4) is 0 Å². The molecule has 0 aliphatic rings. The smallest absolute Gasteiger partial charge is 0.313 e. The van der Waals surface area contributed by atoms with Gasteiger partial charge in [0.2, 0.25) is 0 Å². The summed E-state index contributed by atoms with van der Waals surface area (Å²) in [6, 6.07) is 0. The fourth-order valence-corrected chi connectivity index (χ4v) is 0.712. The van der Waals surface area contributed by atoms with Crippen molar-refractivity contribution in [3.05, 3.63) is 12.7 Å². The predicted molar refractivity (Wildman–Crippen MR) is 51.9 cm³/mol. The van der Waals surface area contributed by atoms with Gasteiger partial charge in [-0.25, -0.2) is 0 Å². The van der Waals surface area contributed by atoms with E-state index in [1.165, 1.54) is 6.92 Å². The lowest BCUT2D eigenvalue weighted by molar-refractivity contribution is -0.147. The molecule has 0 spiro atoms. The summed E-state index contributed by atoms with van der Waals surface area (Å²) in [6.07, 6.45) is 1.43. The van der Waals surface area contributed by atoms with Crippen molar-refractivity contribution in [3.8, 4) is 0 Å². The largest absolute Gasteiger partial charge is 0.463 e. The number of esters is 1. The van der Waals surface area contributed by atoms with Crippen molar-refractivity contribution in [1.82, 2.24) is 0 Å². The van der Waals surface area contributed by atoms with Crippen molar-refractivity contribution in [2.24, 2.45) is 0 Å². The molecule has 1 unspecified atom stereocenters. The second-order valence-electron chi connectivity index (χ2n) is 2.91. The van der Waals surface area contributed by atoms with Crippen LogP contribution in [-0.4, -0.2) is 31.1 Å². The molecule has 0 N–H and O–H groups in total. The molecule has 0 bridgehead atoms. The molecule has 0 saturated carbocycles. The van der Waals surface area contributed by atoms with Crippen LogP contribution in [0.2, 0.25) is 0 Å². The zero-order valence-corrected chi connectivity index (χ0v) is 8.62. The van der Waals surface area contributed by atoms with Crippen molar-refractivity contribution in [3.63, 3.8) is 0 Å². The van der Waals surface area contributed by atoms with E-state index in [4.69, 9.17) is 9.47 Å². The summed E-state index contributed by atoms with van der Waals surface area (Å²) in [6.45, 7) is 7.21. The van der Waals surface area contributed by atoms with Crippen molar-refractivity contribution >= 4 is 11.8 Å². The molecule has 1 atom stereocenters. The minimum atomic E-state index is -0.507. The van der Waals surface area contributed by atoms with Crippen molar-refractivity contribution in [1.29, 1.82) is 0 Å². The first-order valence-electron chi connectivity index (χ1n) is 4.45. The Morgan fingerprint density at radius 1 is 1.43 bits per heavy atom. The van der Waals surface area contributed by atoms with Gasteiger partial charge in [-0.1, -0.05) is 6.08 Å². The molecule has 14 heavy (non-hydrogen) atoms. The van der Waals surface area contributed by atoms with Gasteiger partial charge in [-0.2, -0.15) is 0 Å². The van der Waals surface area contributed by atoms with Gasteiger partial charge in [0.05, 0.1) is 12.7 Å². The topological polar surface area (TPSA) is 52.6 Å². The van der Waals surface area contributed by atoms with E-state index in [0.29, 0.717) is 6.61 Å². The molecule has 0 saturated heterocycles. The van der Waals surface area contributed by atoms with Crippen LogP contribution in [0.4, 0.5) is 0 Å². The molecule has 0 fully saturated rings. The zero-order valence-electron chi connectivity index (χ0n) is 8.62. The van der Waals surface area contributed by atoms with Crippen LogP contribution in [-0.2, 0) is 19.1 Å². The normalized spacial score (nSPS) is 11.9. The molecular formula is C10H16O4. The summed E-state index contributed by atoms with van der Waals surface area (Å²) < 4.78 is 9.89. The third-order valence-electron chi connectivity index (χ3n) is 1.45. The van der Waals surface area contributed by atoms with Crippen LogP contribution in [0.15, 0.2) is 12.7 Å². The average molecular weight is 200 g/mol. The number of hydrogen-bond donors (Lipinski definition) is 0. The highest BCUT2D eigenvalue weighted by Gasteiger charge is 2.05. The summed E-state index contributed by atoms with van der Waals surface area (Å²) in [7, 11) is 0. The maximum atomic E-state index is 10.8. The summed E-state index contributed by atoms with van der Waals surface area (Å²) in [4.78, 5) is 21.3. The SMILES string of the molecule is C=CC(C)OCCOC(=O)CC(C)=O. The van der Waals surface area contributed by atoms with E-state index >= 15 is 0 Å². The number of hydrogen-bond acceptors (Lipinski definition) is 4. The van der Waals surface area contributed by atoms with Crippen LogP contribution in [0.25, 0.3) is 0 Å². The summed E-state index contributed by atoms with van der Waals surface area (Å²) >= 11 is 0. The van der Waals surface area contributed by atoms with Gasteiger partial charge >= 0.3 is 5.97 Å². The Morgan fingerprint density at radius 2 is 2.07 bits per heavy atom. The standard InChI is InChI=1S/C10H16O4/c1-4-9(3)13-5-6-14-10(12)7-8(2)11/h4,9H,1,5-7H2,2-3H3.